The fourth-order valence-corrected chi connectivity index (χ4v) is 17.2. The van der Waals surface area contributed by atoms with Gasteiger partial charge in [0.05, 0.1) is 25.4 Å². The maximum atomic E-state index is 15.8. The largest absolute Gasteiger partial charge is 0.482 e. The summed E-state index contributed by atoms with van der Waals surface area (Å²) in [5, 5.41) is 32.4. The van der Waals surface area contributed by atoms with Gasteiger partial charge in [-0.3, -0.25) is 4.79 Å². The van der Waals surface area contributed by atoms with E-state index in [0.29, 0.717) is 58.9 Å². The van der Waals surface area contributed by atoms with Gasteiger partial charge in [0.1, 0.15) is 11.3 Å². The Kier molecular flexibility index (Phi) is 14.7. The highest BCUT2D eigenvalue weighted by Crippen LogP contribution is 2.61. The number of fused-ring (bicyclic) bond motifs is 15. The van der Waals surface area contributed by atoms with E-state index in [1.54, 1.807) is 13.0 Å². The number of carbonyl (C=O) groups is 2. The van der Waals surface area contributed by atoms with Crippen LogP contribution in [0, 0.1) is 29.6 Å². The molecule has 422 valence electrons. The molecule has 11 nitrogen and oxygen atoms in total. The molecule has 4 heterocycles. The highest BCUT2D eigenvalue weighted by Gasteiger charge is 2.61. The third kappa shape index (κ3) is 9.02. The minimum atomic E-state index is -1.32. The third-order valence-electron chi connectivity index (χ3n) is 20.9. The monoisotopic (exact) mass is 1090 g/mol. The number of rotatable bonds is 8. The molecule has 2 bridgehead atoms. The Morgan fingerprint density at radius 1 is 0.802 bits per heavy atom. The molecule has 14 rings (SSSR count). The van der Waals surface area contributed by atoms with Gasteiger partial charge >= 0.3 is 17.6 Å². The van der Waals surface area contributed by atoms with E-state index >= 15 is 9.59 Å². The van der Waals surface area contributed by atoms with Crippen LogP contribution in [0.5, 0.6) is 5.75 Å². The Morgan fingerprint density at radius 2 is 1.60 bits per heavy atom. The van der Waals surface area contributed by atoms with Gasteiger partial charge in [-0.2, -0.15) is 0 Å². The van der Waals surface area contributed by atoms with Gasteiger partial charge < -0.3 is 38.7 Å². The van der Waals surface area contributed by atoms with Crippen molar-refractivity contribution in [2.24, 2.45) is 29.6 Å². The van der Waals surface area contributed by atoms with Crippen LogP contribution in [0.3, 0.4) is 0 Å². The van der Waals surface area contributed by atoms with E-state index in [0.717, 1.165) is 68.9 Å². The average molecular weight is 1090 g/mol. The zero-order chi connectivity index (χ0) is 55.6. The summed E-state index contributed by atoms with van der Waals surface area (Å²) in [5.74, 6) is -0.537. The zero-order valence-corrected chi connectivity index (χ0v) is 46.8. The lowest BCUT2D eigenvalue weighted by Gasteiger charge is -2.54. The van der Waals surface area contributed by atoms with Gasteiger partial charge in [-0.05, 0) is 169 Å². The van der Waals surface area contributed by atoms with Gasteiger partial charge in [-0.15, -0.1) is 0 Å². The number of methoxy groups -OCH3 is 1. The molecule has 11 heteroatoms. The van der Waals surface area contributed by atoms with Crippen LogP contribution >= 0.6 is 0 Å². The quantitative estimate of drug-likeness (QED) is 0.0587. The highest BCUT2D eigenvalue weighted by molar-refractivity contribution is 5.91. The van der Waals surface area contributed by atoms with Gasteiger partial charge in [-0.25, -0.2) is 9.59 Å². The Bertz CT molecular complexity index is 3430. The molecule has 12 atom stereocenters. The van der Waals surface area contributed by atoms with Gasteiger partial charge in [-0.1, -0.05) is 122 Å². The molecule has 3 fully saturated rings. The lowest BCUT2D eigenvalue weighted by atomic mass is 9.49. The average Bonchev–Trinajstić information content (AvgIpc) is 2.61. The van der Waals surface area contributed by atoms with Crippen LogP contribution in [0.4, 0.5) is 0 Å². The fraction of sp³-hybridized carbons (Fsp3) is 0.471. The number of aliphatic hydroxyl groups excluding tert-OH is 3. The summed E-state index contributed by atoms with van der Waals surface area (Å²) in [6.45, 7) is 0.734. The summed E-state index contributed by atoms with van der Waals surface area (Å²) in [6, 6.07) is 28.3. The molecule has 6 aliphatic carbocycles. The first kappa shape index (κ1) is 53.9. The maximum absolute atomic E-state index is 15.8. The van der Waals surface area contributed by atoms with E-state index in [9.17, 15) is 20.1 Å². The molecule has 0 saturated heterocycles. The lowest BCUT2D eigenvalue weighted by molar-refractivity contribution is -0.208. The summed E-state index contributed by atoms with van der Waals surface area (Å²) >= 11 is 0. The molecule has 0 radical (unpaired) electrons. The first-order valence-corrected chi connectivity index (χ1v) is 30.2. The zero-order valence-electron chi connectivity index (χ0n) is 46.8. The molecule has 2 spiro atoms. The molecule has 3 aliphatic heterocycles. The van der Waals surface area contributed by atoms with E-state index in [1.165, 1.54) is 41.3 Å². The summed E-state index contributed by atoms with van der Waals surface area (Å²) < 4.78 is 33.5. The molecular formula is C70H76O11. The van der Waals surface area contributed by atoms with E-state index in [1.807, 2.05) is 6.07 Å². The van der Waals surface area contributed by atoms with E-state index in [4.69, 9.17) is 23.4 Å². The van der Waals surface area contributed by atoms with Gasteiger partial charge in [0, 0.05) is 60.3 Å². The van der Waals surface area contributed by atoms with Gasteiger partial charge in [0.25, 0.3) is 0 Å². The maximum Gasteiger partial charge on any atom is 0.340 e. The number of ether oxygens (including phenoxy) is 4. The predicted octanol–water partition coefficient (Wildman–Crippen LogP) is 12.6. The number of aliphatic hydroxyl groups is 3. The third-order valence-corrected chi connectivity index (χ3v) is 20.9. The molecule has 3 N–H and O–H groups in total. The van der Waals surface area contributed by atoms with Crippen LogP contribution in [0.2, 0.25) is 0 Å². The van der Waals surface area contributed by atoms with Crippen LogP contribution in [-0.4, -0.2) is 65.9 Å². The number of hydrogen-bond donors (Lipinski definition) is 3. The van der Waals surface area contributed by atoms with Crippen molar-refractivity contribution in [1.82, 2.24) is 0 Å². The number of hydrogen-bond acceptors (Lipinski definition) is 11. The molecule has 9 aliphatic rings. The van der Waals surface area contributed by atoms with Crippen molar-refractivity contribution in [3.63, 3.8) is 0 Å². The van der Waals surface area contributed by atoms with Crippen molar-refractivity contribution in [3.8, 4) is 5.75 Å². The highest BCUT2D eigenvalue weighted by atomic mass is 16.6. The Balaban J connectivity index is 0.951. The second-order valence-electron chi connectivity index (χ2n) is 24.8. The van der Waals surface area contributed by atoms with E-state index < -0.39 is 47.9 Å². The van der Waals surface area contributed by atoms with Crippen LogP contribution in [-0.2, 0) is 42.2 Å². The van der Waals surface area contributed by atoms with Crippen molar-refractivity contribution in [2.75, 3.05) is 26.9 Å². The Labute approximate surface area is 474 Å². The number of esters is 2. The second kappa shape index (κ2) is 22.1. The summed E-state index contributed by atoms with van der Waals surface area (Å²) in [6.07, 6.45) is 22.7. The minimum Gasteiger partial charge on any atom is -0.482 e. The number of benzene rings is 4. The number of carbonyl (C=O) groups excluding carboxylic acids is 2. The van der Waals surface area contributed by atoms with Gasteiger partial charge in [0.2, 0.25) is 0 Å². The minimum absolute atomic E-state index is 0.0377. The van der Waals surface area contributed by atoms with Gasteiger partial charge in [0.15, 0.2) is 17.8 Å². The Morgan fingerprint density at radius 3 is 2.41 bits per heavy atom. The molecule has 0 amide bonds. The Hall–Kier alpha value is -6.37. The van der Waals surface area contributed by atoms with Crippen molar-refractivity contribution in [1.29, 1.82) is 0 Å². The smallest absolute Gasteiger partial charge is 0.340 e. The topological polar surface area (TPSA) is 162 Å². The SMILES string of the molecule is COCC(CCO)c1c(CO)c2ccc3c(c2oc1=O)C1OC(=O)CC2CC(c4cccc5c4C=CC4CCCC6C=Cc7ccccc7C564)CCC2c2ccc(cc2)CCC(=C(C)CO)C(=O)OC1C1(CC=CC2CCCCC21)O3. The van der Waals surface area contributed by atoms with Crippen LogP contribution < -0.4 is 10.4 Å². The summed E-state index contributed by atoms with van der Waals surface area (Å²) in [4.78, 5) is 45.6. The van der Waals surface area contributed by atoms with E-state index in [2.05, 4.69) is 103 Å². The van der Waals surface area contributed by atoms with Crippen LogP contribution in [0.1, 0.15) is 176 Å². The summed E-state index contributed by atoms with van der Waals surface area (Å²) in [7, 11) is 1.52. The predicted molar refractivity (Wildman–Crippen MR) is 311 cm³/mol. The molecule has 3 saturated carbocycles. The van der Waals surface area contributed by atoms with Crippen molar-refractivity contribution in [3.05, 3.63) is 180 Å². The lowest BCUT2D eigenvalue weighted by Crippen LogP contribution is -2.62. The van der Waals surface area contributed by atoms with Crippen LogP contribution in [0.15, 0.2) is 124 Å². The van der Waals surface area contributed by atoms with E-state index in [-0.39, 0.29) is 84.4 Å². The molecular weight excluding hydrogens is 1020 g/mol. The summed E-state index contributed by atoms with van der Waals surface area (Å²) in [5.41, 5.74) is 8.57. The number of aryl methyl sites for hydroxylation is 1. The molecule has 12 unspecified atom stereocenters. The normalized spacial score (nSPS) is 31.2. The fourth-order valence-electron chi connectivity index (χ4n) is 17.2. The molecule has 81 heavy (non-hydrogen) atoms. The van der Waals surface area contributed by atoms with Crippen molar-refractivity contribution >= 4 is 35.1 Å². The standard InChI is InChI=1S/C70H76O11/c1-41(38-72)51-28-21-42-19-22-43(23-20-42)52-29-25-46(53-15-8-18-59-54(53)30-27-50-14-7-13-49-26-24-45-11-4-6-17-58(45)70(49,50)59)36-48(52)37-61(74)78-65-63-60(81-69(66(65)80-67(51)75)34-9-12-44-10-3-5-16-57(44)69)32-31-55-56(39-73)62(68(76)79-64(55)63)47(33-35-71)40-77-2/h4,6,8-9,11-12,15,17-20,22-24,26-27,30-32,44,46-50,52,57,65-66,71-73H,3,5,7,10,13-14,16,21,25,28-29,33-40H2,1-2H3. The van der Waals surface area contributed by atoms with Crippen molar-refractivity contribution < 1.29 is 48.3 Å². The second-order valence-corrected chi connectivity index (χ2v) is 24.8. The van der Waals surface area contributed by atoms with Crippen molar-refractivity contribution in [2.45, 2.75) is 151 Å². The first-order chi connectivity index (χ1) is 39.6. The molecule has 5 aromatic rings. The first-order valence-electron chi connectivity index (χ1n) is 30.2. The number of allylic oxidation sites excluding steroid dienone is 3. The van der Waals surface area contributed by atoms with Crippen LogP contribution in [0.25, 0.3) is 23.1 Å². The molecule has 4 aromatic carbocycles. The molecule has 1 aromatic heterocycles.